The monoisotopic (exact) mass is 303 g/mol. The largest absolute Gasteiger partial charge is 0.492 e. The zero-order valence-electron chi connectivity index (χ0n) is 14.4. The standard InChI is InChI=1S/C19H29NO2/c1-15-12-16(14-21)13-17(19(2,3)4)18(15)22-11-10-20-8-6-5-7-9-20/h12-14H,5-11H2,1-4H3. The molecule has 0 radical (unpaired) electrons. The van der Waals surface area contributed by atoms with E-state index in [-0.39, 0.29) is 5.41 Å². The van der Waals surface area contributed by atoms with Crippen molar-refractivity contribution in [1.29, 1.82) is 0 Å². The highest BCUT2D eigenvalue weighted by molar-refractivity contribution is 5.76. The van der Waals surface area contributed by atoms with Gasteiger partial charge in [0.05, 0.1) is 0 Å². The summed E-state index contributed by atoms with van der Waals surface area (Å²) in [6.07, 6.45) is 4.89. The summed E-state index contributed by atoms with van der Waals surface area (Å²) in [4.78, 5) is 13.6. The average molecular weight is 303 g/mol. The highest BCUT2D eigenvalue weighted by Crippen LogP contribution is 2.34. The zero-order valence-corrected chi connectivity index (χ0v) is 14.4. The molecule has 2 rings (SSSR count). The highest BCUT2D eigenvalue weighted by atomic mass is 16.5. The van der Waals surface area contributed by atoms with Crippen molar-refractivity contribution in [1.82, 2.24) is 4.90 Å². The predicted molar refractivity (Wildman–Crippen MR) is 91.1 cm³/mol. The van der Waals surface area contributed by atoms with Crippen molar-refractivity contribution in [2.24, 2.45) is 0 Å². The molecule has 1 aromatic carbocycles. The maximum Gasteiger partial charge on any atom is 0.150 e. The number of hydrogen-bond donors (Lipinski definition) is 0. The summed E-state index contributed by atoms with van der Waals surface area (Å²) in [5.74, 6) is 0.954. The summed E-state index contributed by atoms with van der Waals surface area (Å²) in [5, 5.41) is 0. The predicted octanol–water partition coefficient (Wildman–Crippen LogP) is 3.97. The van der Waals surface area contributed by atoms with Gasteiger partial charge in [-0.15, -0.1) is 0 Å². The summed E-state index contributed by atoms with van der Waals surface area (Å²) in [6.45, 7) is 12.6. The Labute approximate surface area is 134 Å². The fourth-order valence-corrected chi connectivity index (χ4v) is 3.08. The normalized spacial score (nSPS) is 16.5. The van der Waals surface area contributed by atoms with Crippen molar-refractivity contribution in [3.8, 4) is 5.75 Å². The number of aldehydes is 1. The molecular formula is C19H29NO2. The van der Waals surface area contributed by atoms with E-state index in [2.05, 4.69) is 25.7 Å². The summed E-state index contributed by atoms with van der Waals surface area (Å²) >= 11 is 0. The molecule has 1 aliphatic heterocycles. The van der Waals surface area contributed by atoms with Gasteiger partial charge >= 0.3 is 0 Å². The number of piperidine rings is 1. The minimum absolute atomic E-state index is 0.0375. The van der Waals surface area contributed by atoms with Crippen LogP contribution in [0.2, 0.25) is 0 Å². The first-order chi connectivity index (χ1) is 10.4. The van der Waals surface area contributed by atoms with Crippen LogP contribution < -0.4 is 4.74 Å². The van der Waals surface area contributed by atoms with Gasteiger partial charge in [0.2, 0.25) is 0 Å². The molecule has 0 N–H and O–H groups in total. The van der Waals surface area contributed by atoms with E-state index in [0.29, 0.717) is 6.61 Å². The topological polar surface area (TPSA) is 29.5 Å². The third-order valence-electron chi connectivity index (χ3n) is 4.34. The fourth-order valence-electron chi connectivity index (χ4n) is 3.08. The second-order valence-corrected chi connectivity index (χ2v) is 7.33. The first kappa shape index (κ1) is 17.0. The molecule has 0 unspecified atom stereocenters. The Morgan fingerprint density at radius 2 is 1.86 bits per heavy atom. The smallest absolute Gasteiger partial charge is 0.150 e. The number of rotatable bonds is 5. The van der Waals surface area contributed by atoms with E-state index in [4.69, 9.17) is 4.74 Å². The van der Waals surface area contributed by atoms with Crippen LogP contribution in [-0.4, -0.2) is 37.4 Å². The van der Waals surface area contributed by atoms with E-state index in [1.165, 1.54) is 32.4 Å². The van der Waals surface area contributed by atoms with Crippen molar-refractivity contribution < 1.29 is 9.53 Å². The van der Waals surface area contributed by atoms with Crippen molar-refractivity contribution in [2.75, 3.05) is 26.2 Å². The lowest BCUT2D eigenvalue weighted by atomic mass is 9.84. The van der Waals surface area contributed by atoms with Crippen LogP contribution in [0.25, 0.3) is 0 Å². The molecule has 1 aliphatic rings. The van der Waals surface area contributed by atoms with Crippen molar-refractivity contribution in [3.63, 3.8) is 0 Å². The van der Waals surface area contributed by atoms with Gasteiger partial charge in [-0.2, -0.15) is 0 Å². The maximum absolute atomic E-state index is 11.1. The molecule has 122 valence electrons. The highest BCUT2D eigenvalue weighted by Gasteiger charge is 2.22. The molecule has 0 bridgehead atoms. The van der Waals surface area contributed by atoms with Gasteiger partial charge in [-0.3, -0.25) is 9.69 Å². The third kappa shape index (κ3) is 4.33. The minimum Gasteiger partial charge on any atom is -0.492 e. The fraction of sp³-hybridized carbons (Fsp3) is 0.632. The number of likely N-dealkylation sites (tertiary alicyclic amines) is 1. The van der Waals surface area contributed by atoms with Crippen LogP contribution in [0.4, 0.5) is 0 Å². The average Bonchev–Trinajstić information content (AvgIpc) is 2.48. The maximum atomic E-state index is 11.1. The molecule has 1 heterocycles. The van der Waals surface area contributed by atoms with Gasteiger partial charge < -0.3 is 4.74 Å². The molecule has 0 amide bonds. The Morgan fingerprint density at radius 1 is 1.18 bits per heavy atom. The second kappa shape index (κ2) is 7.28. The van der Waals surface area contributed by atoms with E-state index in [1.807, 2.05) is 19.1 Å². The van der Waals surface area contributed by atoms with Gasteiger partial charge in [0.25, 0.3) is 0 Å². The Kier molecular flexibility index (Phi) is 5.63. The number of hydrogen-bond acceptors (Lipinski definition) is 3. The Bertz CT molecular complexity index is 511. The van der Waals surface area contributed by atoms with Crippen LogP contribution in [-0.2, 0) is 5.41 Å². The number of nitrogens with zero attached hydrogens (tertiary/aromatic N) is 1. The van der Waals surface area contributed by atoms with E-state index in [0.717, 1.165) is 35.3 Å². The van der Waals surface area contributed by atoms with Crippen molar-refractivity contribution in [3.05, 3.63) is 28.8 Å². The summed E-state index contributed by atoms with van der Waals surface area (Å²) in [5.41, 5.74) is 2.86. The molecule has 1 aromatic rings. The zero-order chi connectivity index (χ0) is 16.2. The second-order valence-electron chi connectivity index (χ2n) is 7.33. The Hall–Kier alpha value is -1.35. The molecule has 22 heavy (non-hydrogen) atoms. The molecule has 0 atom stereocenters. The molecule has 1 saturated heterocycles. The lowest BCUT2D eigenvalue weighted by Gasteiger charge is -2.28. The lowest BCUT2D eigenvalue weighted by Crippen LogP contribution is -2.33. The molecule has 0 aromatic heterocycles. The van der Waals surface area contributed by atoms with Gasteiger partial charge in [0.15, 0.2) is 0 Å². The summed E-state index contributed by atoms with van der Waals surface area (Å²) < 4.78 is 6.14. The molecule has 0 aliphatic carbocycles. The number of ether oxygens (including phenoxy) is 1. The van der Waals surface area contributed by atoms with E-state index in [9.17, 15) is 4.79 Å². The van der Waals surface area contributed by atoms with E-state index >= 15 is 0 Å². The third-order valence-corrected chi connectivity index (χ3v) is 4.34. The van der Waals surface area contributed by atoms with Gasteiger partial charge in [-0.25, -0.2) is 0 Å². The number of aryl methyl sites for hydroxylation is 1. The number of benzene rings is 1. The molecule has 3 heteroatoms. The summed E-state index contributed by atoms with van der Waals surface area (Å²) in [6, 6.07) is 3.88. The van der Waals surface area contributed by atoms with Crippen LogP contribution in [0.3, 0.4) is 0 Å². The first-order valence-corrected chi connectivity index (χ1v) is 8.37. The van der Waals surface area contributed by atoms with Crippen LogP contribution in [0.5, 0.6) is 5.75 Å². The Balaban J connectivity index is 2.10. The van der Waals surface area contributed by atoms with E-state index in [1.54, 1.807) is 0 Å². The SMILES string of the molecule is Cc1cc(C=O)cc(C(C)(C)C)c1OCCN1CCCCC1. The summed E-state index contributed by atoms with van der Waals surface area (Å²) in [7, 11) is 0. The first-order valence-electron chi connectivity index (χ1n) is 8.37. The molecule has 0 saturated carbocycles. The van der Waals surface area contributed by atoms with Crippen LogP contribution >= 0.6 is 0 Å². The van der Waals surface area contributed by atoms with Crippen molar-refractivity contribution >= 4 is 6.29 Å². The van der Waals surface area contributed by atoms with Crippen LogP contribution in [0.1, 0.15) is 61.5 Å². The van der Waals surface area contributed by atoms with Crippen LogP contribution in [0.15, 0.2) is 12.1 Å². The van der Waals surface area contributed by atoms with Gasteiger partial charge in [0, 0.05) is 17.7 Å². The van der Waals surface area contributed by atoms with Crippen molar-refractivity contribution in [2.45, 2.75) is 52.4 Å². The van der Waals surface area contributed by atoms with E-state index < -0.39 is 0 Å². The Morgan fingerprint density at radius 3 is 2.45 bits per heavy atom. The number of carbonyl (C=O) groups excluding carboxylic acids is 1. The van der Waals surface area contributed by atoms with Gasteiger partial charge in [-0.1, -0.05) is 27.2 Å². The molecule has 0 spiro atoms. The van der Waals surface area contributed by atoms with Gasteiger partial charge in [0.1, 0.15) is 18.6 Å². The quantitative estimate of drug-likeness (QED) is 0.771. The molecule has 3 nitrogen and oxygen atoms in total. The molecule has 1 fully saturated rings. The van der Waals surface area contributed by atoms with Crippen LogP contribution in [0, 0.1) is 6.92 Å². The number of carbonyl (C=O) groups is 1. The lowest BCUT2D eigenvalue weighted by molar-refractivity contribution is 0.112. The molecular weight excluding hydrogens is 274 g/mol. The minimum atomic E-state index is -0.0375. The van der Waals surface area contributed by atoms with Gasteiger partial charge in [-0.05, 0) is 56.0 Å².